The van der Waals surface area contributed by atoms with E-state index in [9.17, 15) is 22.4 Å². The van der Waals surface area contributed by atoms with Crippen LogP contribution in [-0.4, -0.2) is 24.1 Å². The summed E-state index contributed by atoms with van der Waals surface area (Å²) in [4.78, 5) is 24.2. The number of carbonyl (C=O) groups excluding carboxylic acids is 1. The van der Waals surface area contributed by atoms with E-state index in [2.05, 4.69) is 10.4 Å². The molecule has 3 rings (SSSR count). The van der Waals surface area contributed by atoms with Gasteiger partial charge in [-0.05, 0) is 48.9 Å². The molecule has 0 radical (unpaired) electrons. The van der Waals surface area contributed by atoms with Crippen molar-refractivity contribution < 1.29 is 17.6 Å². The lowest BCUT2D eigenvalue weighted by molar-refractivity contribution is -0.117. The Kier molecular flexibility index (Phi) is 5.36. The number of carbonyl (C=O) groups is 1. The summed E-state index contributed by atoms with van der Waals surface area (Å²) in [5, 5.41) is 5.91. The molecule has 0 atom stereocenters. The predicted molar refractivity (Wildman–Crippen MR) is 100 cm³/mol. The lowest BCUT2D eigenvalue weighted by atomic mass is 10.2. The Morgan fingerprint density at radius 2 is 1.86 bits per heavy atom. The van der Waals surface area contributed by atoms with Gasteiger partial charge in [0.2, 0.25) is 15.7 Å². The Hall–Kier alpha value is -3.33. The summed E-state index contributed by atoms with van der Waals surface area (Å²) < 4.78 is 39.4. The van der Waals surface area contributed by atoms with Gasteiger partial charge >= 0.3 is 0 Å². The van der Waals surface area contributed by atoms with E-state index in [1.807, 2.05) is 0 Å². The number of benzene rings is 2. The van der Waals surface area contributed by atoms with Gasteiger partial charge < -0.3 is 5.32 Å². The van der Waals surface area contributed by atoms with E-state index in [1.54, 1.807) is 19.1 Å². The molecule has 1 N–H and O–H groups in total. The molecule has 1 aromatic heterocycles. The van der Waals surface area contributed by atoms with Gasteiger partial charge in [0, 0.05) is 11.8 Å². The van der Waals surface area contributed by atoms with Crippen LogP contribution in [0.15, 0.2) is 75.4 Å². The van der Waals surface area contributed by atoms with Crippen molar-refractivity contribution in [2.45, 2.75) is 23.4 Å². The zero-order chi connectivity index (χ0) is 20.3. The standard InChI is InChI=1S/C19H16FN3O4S/c1-13-4-2-7-16(10-13)28(26,27)18-8-9-19(25)23(22-18)12-17(24)21-15-6-3-5-14(20)11-15/h2-11H,12H2,1H3,(H,21,24). The number of anilines is 1. The molecule has 1 amide bonds. The quantitative estimate of drug-likeness (QED) is 0.707. The maximum absolute atomic E-state index is 13.2. The number of aromatic nitrogens is 2. The molecule has 0 bridgehead atoms. The summed E-state index contributed by atoms with van der Waals surface area (Å²) in [6, 6.07) is 13.6. The van der Waals surface area contributed by atoms with Crippen molar-refractivity contribution in [2.24, 2.45) is 0 Å². The van der Waals surface area contributed by atoms with Crippen molar-refractivity contribution in [3.63, 3.8) is 0 Å². The van der Waals surface area contributed by atoms with Crippen molar-refractivity contribution in [1.29, 1.82) is 0 Å². The second-order valence-corrected chi connectivity index (χ2v) is 7.94. The minimum Gasteiger partial charge on any atom is -0.324 e. The molecule has 0 fully saturated rings. The fraction of sp³-hybridized carbons (Fsp3) is 0.105. The number of hydrogen-bond donors (Lipinski definition) is 1. The van der Waals surface area contributed by atoms with Gasteiger partial charge in [-0.1, -0.05) is 18.2 Å². The van der Waals surface area contributed by atoms with Gasteiger partial charge in [0.1, 0.15) is 12.4 Å². The fourth-order valence-corrected chi connectivity index (χ4v) is 3.79. The van der Waals surface area contributed by atoms with Gasteiger partial charge in [-0.25, -0.2) is 17.5 Å². The monoisotopic (exact) mass is 401 g/mol. The summed E-state index contributed by atoms with van der Waals surface area (Å²) in [6.07, 6.45) is 0. The molecule has 0 spiro atoms. The highest BCUT2D eigenvalue weighted by Crippen LogP contribution is 2.19. The summed E-state index contributed by atoms with van der Waals surface area (Å²) in [5.74, 6) is -1.18. The average Bonchev–Trinajstić information content (AvgIpc) is 2.63. The number of amides is 1. The molecule has 1 heterocycles. The molecule has 0 aliphatic carbocycles. The molecule has 9 heteroatoms. The number of nitrogens with one attached hydrogen (secondary N) is 1. The smallest absolute Gasteiger partial charge is 0.267 e. The zero-order valence-electron chi connectivity index (χ0n) is 14.8. The third-order valence-electron chi connectivity index (χ3n) is 3.82. The largest absolute Gasteiger partial charge is 0.324 e. The topological polar surface area (TPSA) is 98.1 Å². The highest BCUT2D eigenvalue weighted by molar-refractivity contribution is 7.91. The van der Waals surface area contributed by atoms with E-state index in [-0.39, 0.29) is 15.6 Å². The Labute approximate surface area is 160 Å². The first kappa shape index (κ1) is 19.4. The van der Waals surface area contributed by atoms with E-state index < -0.39 is 33.7 Å². The Morgan fingerprint density at radius 1 is 1.11 bits per heavy atom. The second kappa shape index (κ2) is 7.73. The van der Waals surface area contributed by atoms with Crippen LogP contribution < -0.4 is 10.9 Å². The molecule has 144 valence electrons. The predicted octanol–water partition coefficient (Wildman–Crippen LogP) is 2.16. The molecular formula is C19H16FN3O4S. The van der Waals surface area contributed by atoms with Crippen molar-refractivity contribution >= 4 is 21.4 Å². The van der Waals surface area contributed by atoms with E-state index in [4.69, 9.17) is 0 Å². The molecule has 0 saturated heterocycles. The molecule has 0 saturated carbocycles. The van der Waals surface area contributed by atoms with Crippen LogP contribution in [0.3, 0.4) is 0 Å². The minimum atomic E-state index is -3.95. The summed E-state index contributed by atoms with van der Waals surface area (Å²) in [6.45, 7) is 1.23. The van der Waals surface area contributed by atoms with Gasteiger partial charge in [-0.3, -0.25) is 9.59 Å². The summed E-state index contributed by atoms with van der Waals surface area (Å²) in [7, 11) is -3.95. The van der Waals surface area contributed by atoms with Gasteiger partial charge in [0.05, 0.1) is 4.90 Å². The van der Waals surface area contributed by atoms with E-state index in [0.29, 0.717) is 0 Å². The third-order valence-corrected chi connectivity index (χ3v) is 5.46. The lowest BCUT2D eigenvalue weighted by Gasteiger charge is -2.09. The zero-order valence-corrected chi connectivity index (χ0v) is 15.6. The lowest BCUT2D eigenvalue weighted by Crippen LogP contribution is -2.30. The second-order valence-electron chi connectivity index (χ2n) is 6.05. The van der Waals surface area contributed by atoms with Crippen LogP contribution >= 0.6 is 0 Å². The molecule has 0 unspecified atom stereocenters. The van der Waals surface area contributed by atoms with E-state index in [1.165, 1.54) is 30.3 Å². The van der Waals surface area contributed by atoms with Crippen LogP contribution in [0.25, 0.3) is 0 Å². The molecule has 3 aromatic rings. The number of halogens is 1. The molecule has 7 nitrogen and oxygen atoms in total. The maximum Gasteiger partial charge on any atom is 0.267 e. The van der Waals surface area contributed by atoms with E-state index in [0.717, 1.165) is 28.4 Å². The Bertz CT molecular complexity index is 1210. The average molecular weight is 401 g/mol. The molecule has 2 aromatic carbocycles. The van der Waals surface area contributed by atoms with Crippen LogP contribution in [-0.2, 0) is 21.2 Å². The van der Waals surface area contributed by atoms with Crippen LogP contribution in [0.4, 0.5) is 10.1 Å². The maximum atomic E-state index is 13.2. The minimum absolute atomic E-state index is 0.0365. The van der Waals surface area contributed by atoms with Crippen LogP contribution in [0.5, 0.6) is 0 Å². The van der Waals surface area contributed by atoms with Crippen LogP contribution in [0, 0.1) is 12.7 Å². The highest BCUT2D eigenvalue weighted by atomic mass is 32.2. The van der Waals surface area contributed by atoms with Crippen molar-refractivity contribution in [1.82, 2.24) is 9.78 Å². The van der Waals surface area contributed by atoms with Gasteiger partial charge in [-0.2, -0.15) is 5.10 Å². The first-order valence-corrected chi connectivity index (χ1v) is 9.69. The number of nitrogens with zero attached hydrogens (tertiary/aromatic N) is 2. The third kappa shape index (κ3) is 4.32. The van der Waals surface area contributed by atoms with Crippen LogP contribution in [0.2, 0.25) is 0 Å². The first-order valence-electron chi connectivity index (χ1n) is 8.21. The van der Waals surface area contributed by atoms with Gasteiger partial charge in [0.25, 0.3) is 5.56 Å². The van der Waals surface area contributed by atoms with Gasteiger partial charge in [-0.15, -0.1) is 0 Å². The van der Waals surface area contributed by atoms with Crippen molar-refractivity contribution in [3.05, 3.63) is 82.4 Å². The molecule has 0 aliphatic heterocycles. The molecule has 28 heavy (non-hydrogen) atoms. The first-order chi connectivity index (χ1) is 13.3. The number of sulfone groups is 1. The number of rotatable bonds is 5. The Balaban J connectivity index is 1.87. The Morgan fingerprint density at radius 3 is 2.57 bits per heavy atom. The number of hydrogen-bond acceptors (Lipinski definition) is 5. The fourth-order valence-electron chi connectivity index (χ4n) is 2.49. The number of aryl methyl sites for hydroxylation is 1. The normalized spacial score (nSPS) is 11.2. The van der Waals surface area contributed by atoms with Gasteiger partial charge in [0.15, 0.2) is 5.03 Å². The summed E-state index contributed by atoms with van der Waals surface area (Å²) >= 11 is 0. The van der Waals surface area contributed by atoms with Crippen molar-refractivity contribution in [3.8, 4) is 0 Å². The van der Waals surface area contributed by atoms with Crippen molar-refractivity contribution in [2.75, 3.05) is 5.32 Å². The molecular weight excluding hydrogens is 385 g/mol. The summed E-state index contributed by atoms with van der Waals surface area (Å²) in [5.41, 5.74) is 0.322. The molecule has 0 aliphatic rings. The highest BCUT2D eigenvalue weighted by Gasteiger charge is 2.21. The van der Waals surface area contributed by atoms with E-state index >= 15 is 0 Å². The SMILES string of the molecule is Cc1cccc(S(=O)(=O)c2ccc(=O)n(CC(=O)Nc3cccc(F)c3)n2)c1. The van der Waals surface area contributed by atoms with Crippen LogP contribution in [0.1, 0.15) is 5.56 Å².